The second-order valence-electron chi connectivity index (χ2n) is 2.18. The molecular weight excluding hydrogens is 146 g/mol. The van der Waals surface area contributed by atoms with Crippen molar-refractivity contribution in [3.63, 3.8) is 0 Å². The lowest BCUT2D eigenvalue weighted by atomic mass is 10.8. The second kappa shape index (κ2) is 5.85. The zero-order valence-electron chi connectivity index (χ0n) is 7.26. The van der Waals surface area contributed by atoms with Gasteiger partial charge in [0.1, 0.15) is 0 Å². The van der Waals surface area contributed by atoms with Gasteiger partial charge in [-0.2, -0.15) is 0 Å². The summed E-state index contributed by atoms with van der Waals surface area (Å²) in [7, 11) is 2.95. The summed E-state index contributed by atoms with van der Waals surface area (Å²) in [4.78, 5) is 0. The fourth-order valence-corrected chi connectivity index (χ4v) is 0.930. The van der Waals surface area contributed by atoms with Gasteiger partial charge in [0, 0.05) is 13.2 Å². The predicted molar refractivity (Wildman–Crippen MR) is 44.7 cm³/mol. The van der Waals surface area contributed by atoms with E-state index in [1.54, 1.807) is 0 Å². The molecule has 3 nitrogen and oxygen atoms in total. The van der Waals surface area contributed by atoms with Gasteiger partial charge in [0.05, 0.1) is 10.4 Å². The molecule has 0 spiro atoms. The van der Waals surface area contributed by atoms with Crippen molar-refractivity contribution in [2.75, 3.05) is 20.3 Å². The number of nitrogens with zero attached hydrogens (tertiary/aromatic N) is 1. The molecule has 0 aliphatic heterocycles. The minimum atomic E-state index is -0.123. The molecule has 0 saturated heterocycles. The van der Waals surface area contributed by atoms with E-state index in [9.17, 15) is 0 Å². The van der Waals surface area contributed by atoms with Gasteiger partial charge in [-0.25, -0.2) is 0 Å². The molecule has 0 N–H and O–H groups in total. The van der Waals surface area contributed by atoms with Crippen LogP contribution in [0.5, 0.6) is 0 Å². The number of rotatable bonds is 5. The molecule has 0 heterocycles. The smallest absolute Gasteiger partial charge is 0.211 e. The van der Waals surface area contributed by atoms with Crippen molar-refractivity contribution in [2.24, 2.45) is 0 Å². The minimum absolute atomic E-state index is 0.123. The fraction of sp³-hybridized carbons (Fsp3) is 1.00. The molecule has 0 radical (unpaired) electrons. The average Bonchev–Trinajstić information content (AvgIpc) is 1.87. The van der Waals surface area contributed by atoms with Crippen LogP contribution >= 0.6 is 0 Å². The summed E-state index contributed by atoms with van der Waals surface area (Å²) in [5, 5.41) is 0. The zero-order valence-corrected chi connectivity index (χ0v) is 9.26. The van der Waals surface area contributed by atoms with E-state index in [0.29, 0.717) is 13.2 Å². The van der Waals surface area contributed by atoms with Crippen molar-refractivity contribution in [2.45, 2.75) is 20.3 Å². The van der Waals surface area contributed by atoms with Crippen LogP contribution in [-0.2, 0) is 9.47 Å². The number of hydrogen-bond donors (Lipinski definition) is 0. The monoisotopic (exact) mass is 163 g/mol. The van der Waals surface area contributed by atoms with Gasteiger partial charge in [-0.15, -0.1) is 0 Å². The van der Waals surface area contributed by atoms with Crippen molar-refractivity contribution in [3.8, 4) is 0 Å². The molecule has 0 aromatic carbocycles. The third-order valence-corrected chi connectivity index (χ3v) is 1.46. The maximum atomic E-state index is 5.28. The van der Waals surface area contributed by atoms with Crippen LogP contribution in [0, 0.1) is 0 Å². The Kier molecular flexibility index (Phi) is 5.91. The van der Waals surface area contributed by atoms with Crippen molar-refractivity contribution >= 4 is 10.4 Å². The van der Waals surface area contributed by atoms with E-state index in [0.717, 1.165) is 10.4 Å². The molecule has 0 unspecified atom stereocenters. The quantitative estimate of drug-likeness (QED) is 0.405. The summed E-state index contributed by atoms with van der Waals surface area (Å²) < 4.78 is 12.6. The predicted octanol–water partition coefficient (Wildman–Crippen LogP) is -0.445. The average molecular weight is 163 g/mol. The Morgan fingerprint density at radius 2 is 1.70 bits per heavy atom. The molecule has 0 aromatic rings. The van der Waals surface area contributed by atoms with Gasteiger partial charge in [-0.3, -0.25) is 4.57 Å². The van der Waals surface area contributed by atoms with Crippen molar-refractivity contribution in [1.29, 1.82) is 0 Å². The van der Waals surface area contributed by atoms with E-state index in [2.05, 4.69) is 0 Å². The first-order chi connectivity index (χ1) is 4.72. The Morgan fingerprint density at radius 3 is 1.90 bits per heavy atom. The molecule has 0 amide bonds. The first-order valence-corrected chi connectivity index (χ1v) is 4.51. The molecule has 0 atom stereocenters. The summed E-state index contributed by atoms with van der Waals surface area (Å²) >= 11 is 0. The molecule has 0 bridgehead atoms. The van der Waals surface area contributed by atoms with Crippen LogP contribution in [0.2, 0.25) is 0 Å². The molecule has 0 rings (SSSR count). The Labute approximate surface area is 65.8 Å². The largest absolute Gasteiger partial charge is 0.340 e. The summed E-state index contributed by atoms with van der Waals surface area (Å²) in [5.41, 5.74) is 0. The molecule has 0 saturated carbocycles. The van der Waals surface area contributed by atoms with Crippen molar-refractivity contribution in [3.05, 3.63) is 0 Å². The highest BCUT2D eigenvalue weighted by Crippen LogP contribution is 1.96. The van der Waals surface area contributed by atoms with Gasteiger partial charge in [0.25, 0.3) is 0 Å². The van der Waals surface area contributed by atoms with Crippen LogP contribution in [0.25, 0.3) is 0 Å². The molecule has 0 fully saturated rings. The van der Waals surface area contributed by atoms with E-state index in [1.807, 2.05) is 25.5 Å². The van der Waals surface area contributed by atoms with Gasteiger partial charge >= 0.3 is 0 Å². The summed E-state index contributed by atoms with van der Waals surface area (Å²) in [6.07, 6.45) is -0.123. The fourth-order valence-electron chi connectivity index (χ4n) is 0.631. The molecule has 0 aliphatic carbocycles. The Balaban J connectivity index is 3.50. The third kappa shape index (κ3) is 4.00. The van der Waals surface area contributed by atoms with Crippen LogP contribution < -0.4 is 0 Å². The SMILES string of the molecule is CCOC(OCC)N(C)[SiH3]. The van der Waals surface area contributed by atoms with Crippen LogP contribution in [-0.4, -0.2) is 41.6 Å². The van der Waals surface area contributed by atoms with Crippen LogP contribution in [0.15, 0.2) is 0 Å². The van der Waals surface area contributed by atoms with Gasteiger partial charge in [0.2, 0.25) is 6.41 Å². The first-order valence-electron chi connectivity index (χ1n) is 3.62. The Bertz CT molecular complexity index is 74.1. The van der Waals surface area contributed by atoms with Crippen LogP contribution in [0.1, 0.15) is 13.8 Å². The minimum Gasteiger partial charge on any atom is -0.340 e. The van der Waals surface area contributed by atoms with Gasteiger partial charge < -0.3 is 9.47 Å². The van der Waals surface area contributed by atoms with Crippen molar-refractivity contribution < 1.29 is 9.47 Å². The van der Waals surface area contributed by atoms with Crippen LogP contribution in [0.4, 0.5) is 0 Å². The summed E-state index contributed by atoms with van der Waals surface area (Å²) in [6.45, 7) is 5.35. The van der Waals surface area contributed by atoms with E-state index in [-0.39, 0.29) is 6.41 Å². The highest BCUT2D eigenvalue weighted by Gasteiger charge is 2.08. The van der Waals surface area contributed by atoms with E-state index in [4.69, 9.17) is 9.47 Å². The molecule has 4 heteroatoms. The first kappa shape index (κ1) is 10.1. The second-order valence-corrected chi connectivity index (χ2v) is 3.59. The summed E-state index contributed by atoms with van der Waals surface area (Å²) in [6, 6.07) is 0. The molecule has 0 aromatic heterocycles. The van der Waals surface area contributed by atoms with E-state index < -0.39 is 0 Å². The highest BCUT2D eigenvalue weighted by molar-refractivity contribution is 6.04. The third-order valence-electron chi connectivity index (χ3n) is 1.04. The molecule has 10 heavy (non-hydrogen) atoms. The number of ether oxygens (including phenoxy) is 2. The molecular formula is C6H17NO2Si. The normalized spacial score (nSPS) is 11.7. The highest BCUT2D eigenvalue weighted by atomic mass is 28.2. The van der Waals surface area contributed by atoms with Gasteiger partial charge in [-0.1, -0.05) is 0 Å². The maximum Gasteiger partial charge on any atom is 0.211 e. The lowest BCUT2D eigenvalue weighted by molar-refractivity contribution is -0.187. The van der Waals surface area contributed by atoms with Crippen LogP contribution in [0.3, 0.4) is 0 Å². The van der Waals surface area contributed by atoms with Crippen molar-refractivity contribution in [1.82, 2.24) is 4.57 Å². The van der Waals surface area contributed by atoms with E-state index >= 15 is 0 Å². The number of hydrogen-bond acceptors (Lipinski definition) is 3. The molecule has 62 valence electrons. The molecule has 0 aliphatic rings. The Hall–Kier alpha value is 0.0969. The Morgan fingerprint density at radius 1 is 1.30 bits per heavy atom. The summed E-state index contributed by atoms with van der Waals surface area (Å²) in [5.74, 6) is 0. The van der Waals surface area contributed by atoms with Gasteiger partial charge in [-0.05, 0) is 20.9 Å². The van der Waals surface area contributed by atoms with Gasteiger partial charge in [0.15, 0.2) is 0 Å². The van der Waals surface area contributed by atoms with E-state index in [1.165, 1.54) is 0 Å². The lowest BCUT2D eigenvalue weighted by Crippen LogP contribution is -2.34. The zero-order chi connectivity index (χ0) is 7.98. The topological polar surface area (TPSA) is 21.7 Å². The lowest BCUT2D eigenvalue weighted by Gasteiger charge is -2.23. The maximum absolute atomic E-state index is 5.28. The standard InChI is InChI=1S/C6H17NO2Si/c1-4-8-6(7(3)10)9-5-2/h6H,4-5H2,1-3,10H3.